The van der Waals surface area contributed by atoms with Gasteiger partial charge in [-0.25, -0.2) is 0 Å². The summed E-state index contributed by atoms with van der Waals surface area (Å²) in [6, 6.07) is -0.708. The Labute approximate surface area is 287 Å². The highest BCUT2D eigenvalue weighted by Crippen LogP contribution is 2.23. The Morgan fingerprint density at radius 2 is 1.06 bits per heavy atom. The first kappa shape index (κ1) is 44.2. The molecule has 47 heavy (non-hydrogen) atoms. The summed E-state index contributed by atoms with van der Waals surface area (Å²) in [4.78, 5) is 12.9. The van der Waals surface area contributed by atoms with Crippen LogP contribution in [0.25, 0.3) is 0 Å². The molecule has 0 aliphatic carbocycles. The van der Waals surface area contributed by atoms with Crippen molar-refractivity contribution in [2.24, 2.45) is 0 Å². The zero-order chi connectivity index (χ0) is 34.5. The fourth-order valence-corrected chi connectivity index (χ4v) is 6.45. The Morgan fingerprint density at radius 3 is 1.51 bits per heavy atom. The fraction of sp³-hybridized carbons (Fsp3) is 0.974. The summed E-state index contributed by atoms with van der Waals surface area (Å²) in [6.07, 6.45) is 22.5. The summed E-state index contributed by atoms with van der Waals surface area (Å²) in [5.74, 6) is -0.146. The van der Waals surface area contributed by atoms with Gasteiger partial charge in [-0.15, -0.1) is 0 Å². The van der Waals surface area contributed by atoms with Gasteiger partial charge in [-0.1, -0.05) is 162 Å². The monoisotopic (exact) mass is 674 g/mol. The van der Waals surface area contributed by atoms with Crippen molar-refractivity contribution in [3.8, 4) is 0 Å². The lowest BCUT2D eigenvalue weighted by Crippen LogP contribution is -2.60. The molecule has 1 fully saturated rings. The minimum atomic E-state index is -1.55. The highest BCUT2D eigenvalue weighted by Gasteiger charge is 2.44. The number of ether oxygens (including phenoxy) is 2. The molecule has 0 bridgehead atoms. The van der Waals surface area contributed by atoms with Crippen molar-refractivity contribution >= 4 is 5.91 Å². The van der Waals surface area contributed by atoms with Gasteiger partial charge in [-0.05, 0) is 12.8 Å². The number of aliphatic hydroxyl groups is 5. The van der Waals surface area contributed by atoms with Gasteiger partial charge in [0.25, 0.3) is 0 Å². The molecule has 0 aromatic rings. The van der Waals surface area contributed by atoms with Crippen LogP contribution in [0.4, 0.5) is 0 Å². The molecule has 1 amide bonds. The van der Waals surface area contributed by atoms with E-state index in [1.165, 1.54) is 116 Å². The van der Waals surface area contributed by atoms with E-state index in [0.717, 1.165) is 38.5 Å². The second kappa shape index (κ2) is 30.1. The maximum Gasteiger partial charge on any atom is 0.220 e. The number of nitrogens with one attached hydrogen (secondary N) is 1. The molecule has 0 aromatic carbocycles. The van der Waals surface area contributed by atoms with E-state index in [1.807, 2.05) is 0 Å². The number of rotatable bonds is 32. The van der Waals surface area contributed by atoms with E-state index in [4.69, 9.17) is 9.47 Å². The fourth-order valence-electron chi connectivity index (χ4n) is 6.45. The van der Waals surface area contributed by atoms with Crippen molar-refractivity contribution in [3.05, 3.63) is 0 Å². The van der Waals surface area contributed by atoms with Gasteiger partial charge in [0.1, 0.15) is 24.4 Å². The summed E-state index contributed by atoms with van der Waals surface area (Å²) < 4.78 is 11.2. The van der Waals surface area contributed by atoms with Crippen LogP contribution in [-0.4, -0.2) is 87.5 Å². The summed E-state index contributed by atoms with van der Waals surface area (Å²) >= 11 is 0. The van der Waals surface area contributed by atoms with Crippen LogP contribution in [0.5, 0.6) is 0 Å². The largest absolute Gasteiger partial charge is 0.394 e. The van der Waals surface area contributed by atoms with Crippen molar-refractivity contribution in [2.45, 2.75) is 224 Å². The van der Waals surface area contributed by atoms with E-state index in [1.54, 1.807) is 0 Å². The molecular weight excluding hydrogens is 598 g/mol. The van der Waals surface area contributed by atoms with Crippen LogP contribution in [0.15, 0.2) is 0 Å². The van der Waals surface area contributed by atoms with Gasteiger partial charge < -0.3 is 40.3 Å². The van der Waals surface area contributed by atoms with E-state index >= 15 is 0 Å². The maximum atomic E-state index is 12.9. The molecule has 0 spiro atoms. The van der Waals surface area contributed by atoms with Crippen LogP contribution < -0.4 is 5.32 Å². The van der Waals surface area contributed by atoms with Crippen LogP contribution in [-0.2, 0) is 14.3 Å². The topological polar surface area (TPSA) is 149 Å². The minimum absolute atomic E-state index is 0.133. The number of hydrogen-bond acceptors (Lipinski definition) is 8. The average molecular weight is 674 g/mol. The molecule has 1 heterocycles. The number of unbranched alkanes of at least 4 members (excludes halogenated alkanes) is 22. The van der Waals surface area contributed by atoms with Gasteiger partial charge >= 0.3 is 0 Å². The zero-order valence-corrected chi connectivity index (χ0v) is 30.3. The number of carbonyl (C=O) groups is 1. The van der Waals surface area contributed by atoms with Crippen LogP contribution in [0.3, 0.4) is 0 Å². The van der Waals surface area contributed by atoms with Crippen LogP contribution >= 0.6 is 0 Å². The third kappa shape index (κ3) is 21.8. The van der Waals surface area contributed by atoms with Crippen molar-refractivity contribution in [3.63, 3.8) is 0 Å². The summed E-state index contributed by atoms with van der Waals surface area (Å²) in [7, 11) is 0. The van der Waals surface area contributed by atoms with Gasteiger partial charge in [0.15, 0.2) is 6.29 Å². The van der Waals surface area contributed by atoms with Crippen LogP contribution in [0, 0.1) is 0 Å². The van der Waals surface area contributed by atoms with Crippen LogP contribution in [0.1, 0.15) is 181 Å². The first-order chi connectivity index (χ1) is 22.8. The van der Waals surface area contributed by atoms with E-state index in [2.05, 4.69) is 19.2 Å². The number of aliphatic hydroxyl groups excluding tert-OH is 5. The molecule has 6 N–H and O–H groups in total. The number of carbonyl (C=O) groups excluding carboxylic acids is 1. The van der Waals surface area contributed by atoms with E-state index in [-0.39, 0.29) is 12.5 Å². The molecule has 7 atom stereocenters. The van der Waals surface area contributed by atoms with E-state index in [0.29, 0.717) is 12.8 Å². The Kier molecular flexibility index (Phi) is 28.3. The van der Waals surface area contributed by atoms with E-state index in [9.17, 15) is 30.3 Å². The minimum Gasteiger partial charge on any atom is -0.394 e. The Morgan fingerprint density at radius 1 is 0.638 bits per heavy atom. The molecule has 0 radical (unpaired) electrons. The van der Waals surface area contributed by atoms with Crippen molar-refractivity contribution < 1.29 is 39.8 Å². The van der Waals surface area contributed by atoms with Crippen molar-refractivity contribution in [2.75, 3.05) is 13.2 Å². The molecule has 1 saturated heterocycles. The predicted molar refractivity (Wildman–Crippen MR) is 189 cm³/mol. The molecule has 280 valence electrons. The van der Waals surface area contributed by atoms with Gasteiger partial charge in [-0.3, -0.25) is 4.79 Å². The molecule has 0 aromatic heterocycles. The highest BCUT2D eigenvalue weighted by molar-refractivity contribution is 5.76. The van der Waals surface area contributed by atoms with Gasteiger partial charge in [0, 0.05) is 6.42 Å². The Balaban J connectivity index is 2.41. The molecule has 1 rings (SSSR count). The first-order valence-electron chi connectivity index (χ1n) is 19.7. The molecule has 0 saturated carbocycles. The quantitative estimate of drug-likeness (QED) is 0.0426. The molecule has 9 heteroatoms. The lowest BCUT2D eigenvalue weighted by molar-refractivity contribution is -0.302. The Hall–Kier alpha value is -0.810. The van der Waals surface area contributed by atoms with Gasteiger partial charge in [0.05, 0.1) is 25.4 Å². The standard InChI is InChI=1S/C38H75NO8/c1-3-5-7-9-11-13-15-16-18-19-21-23-25-27-32(41)31(30-46-38-37(45)36(44)35(43)33(29-40)47-38)39-34(42)28-26-24-22-20-17-14-12-10-8-6-4-2/h31-33,35-38,40-41,43-45H,3-30H2,1-2H3,(H,39,42)/t31-,32+,33+,35-,36?,37?,38+/m0/s1. The number of amides is 1. The molecular formula is C38H75NO8. The van der Waals surface area contributed by atoms with Gasteiger partial charge in [0.2, 0.25) is 5.91 Å². The maximum absolute atomic E-state index is 12.9. The van der Waals surface area contributed by atoms with Gasteiger partial charge in [-0.2, -0.15) is 0 Å². The van der Waals surface area contributed by atoms with E-state index < -0.39 is 49.5 Å². The average Bonchev–Trinajstić information content (AvgIpc) is 3.07. The third-order valence-corrected chi connectivity index (χ3v) is 9.71. The summed E-state index contributed by atoms with van der Waals surface area (Å²) in [6.45, 7) is 3.81. The molecule has 2 unspecified atom stereocenters. The highest BCUT2D eigenvalue weighted by atomic mass is 16.7. The number of hydrogen-bond donors (Lipinski definition) is 6. The van der Waals surface area contributed by atoms with Crippen molar-refractivity contribution in [1.29, 1.82) is 0 Å². The molecule has 1 aliphatic rings. The smallest absolute Gasteiger partial charge is 0.220 e. The lowest BCUT2D eigenvalue weighted by atomic mass is 9.99. The molecule has 9 nitrogen and oxygen atoms in total. The predicted octanol–water partition coefficient (Wildman–Crippen LogP) is 6.83. The zero-order valence-electron chi connectivity index (χ0n) is 30.3. The SMILES string of the molecule is CCCCCCCCCCCCCCC[C@@H](O)[C@H](CO[C@@H]1O[C@H](CO)[C@H](O)C(O)C1O)NC(=O)CCCCCCCCCCCCC. The first-order valence-corrected chi connectivity index (χ1v) is 19.7. The Bertz CT molecular complexity index is 711. The van der Waals surface area contributed by atoms with Crippen LogP contribution in [0.2, 0.25) is 0 Å². The second-order valence-corrected chi connectivity index (χ2v) is 14.1. The second-order valence-electron chi connectivity index (χ2n) is 14.1. The lowest BCUT2D eigenvalue weighted by Gasteiger charge is -2.40. The summed E-state index contributed by atoms with van der Waals surface area (Å²) in [5.41, 5.74) is 0. The molecule has 1 aliphatic heterocycles. The normalized spacial score (nSPS) is 22.7. The third-order valence-electron chi connectivity index (χ3n) is 9.71. The van der Waals surface area contributed by atoms with Crippen molar-refractivity contribution in [1.82, 2.24) is 5.32 Å². The summed E-state index contributed by atoms with van der Waals surface area (Å²) in [5, 5.41) is 54.0.